The summed E-state index contributed by atoms with van der Waals surface area (Å²) >= 11 is -1.30. The van der Waals surface area contributed by atoms with E-state index in [9.17, 15) is 22.0 Å². The van der Waals surface area contributed by atoms with Gasteiger partial charge in [-0.05, 0) is 0 Å². The molecular formula is C6ClF5Se. The Morgan fingerprint density at radius 3 is 1.31 bits per heavy atom. The summed E-state index contributed by atoms with van der Waals surface area (Å²) in [5.41, 5.74) is 0. The first kappa shape index (κ1) is 10.8. The van der Waals surface area contributed by atoms with Gasteiger partial charge in [-0.15, -0.1) is 0 Å². The van der Waals surface area contributed by atoms with Crippen molar-refractivity contribution in [1.82, 2.24) is 0 Å². The molecule has 1 rings (SSSR count). The third-order valence-corrected chi connectivity index (χ3v) is 3.12. The molecule has 0 amide bonds. The number of hydrogen-bond donors (Lipinski definition) is 0. The van der Waals surface area contributed by atoms with E-state index < -0.39 is 47.6 Å². The summed E-state index contributed by atoms with van der Waals surface area (Å²) in [6.07, 6.45) is 0. The van der Waals surface area contributed by atoms with Crippen LogP contribution in [0.5, 0.6) is 0 Å². The van der Waals surface area contributed by atoms with Gasteiger partial charge in [0.15, 0.2) is 0 Å². The van der Waals surface area contributed by atoms with Crippen molar-refractivity contribution in [3.05, 3.63) is 29.1 Å². The van der Waals surface area contributed by atoms with Crippen LogP contribution in [0.25, 0.3) is 0 Å². The molecular weight excluding hydrogens is 281 g/mol. The average Bonchev–Trinajstić information content (AvgIpc) is 2.13. The van der Waals surface area contributed by atoms with Crippen molar-refractivity contribution >= 4 is 28.6 Å². The fourth-order valence-corrected chi connectivity index (χ4v) is 2.02. The molecule has 0 aliphatic carbocycles. The maximum atomic E-state index is 12.6. The van der Waals surface area contributed by atoms with Crippen LogP contribution in [0.4, 0.5) is 22.0 Å². The standard InChI is InChI=1S/C6ClF5Se/c7-13-6-4(11)2(9)1(8)3(10)5(6)12. The van der Waals surface area contributed by atoms with Gasteiger partial charge in [-0.3, -0.25) is 0 Å². The van der Waals surface area contributed by atoms with Crippen molar-refractivity contribution in [3.8, 4) is 0 Å². The van der Waals surface area contributed by atoms with E-state index in [-0.39, 0.29) is 0 Å². The zero-order valence-electron chi connectivity index (χ0n) is 5.68. The van der Waals surface area contributed by atoms with Crippen molar-refractivity contribution in [2.75, 3.05) is 0 Å². The molecule has 0 N–H and O–H groups in total. The van der Waals surface area contributed by atoms with Crippen LogP contribution in [0.2, 0.25) is 0 Å². The van der Waals surface area contributed by atoms with E-state index in [0.29, 0.717) is 0 Å². The first-order valence-corrected chi connectivity index (χ1v) is 5.91. The molecule has 0 aromatic heterocycles. The third kappa shape index (κ3) is 1.66. The molecule has 0 spiro atoms. The zero-order valence-corrected chi connectivity index (χ0v) is 8.15. The normalized spacial score (nSPS) is 10.6. The van der Waals surface area contributed by atoms with Crippen molar-refractivity contribution in [1.29, 1.82) is 0 Å². The topological polar surface area (TPSA) is 0 Å². The Morgan fingerprint density at radius 2 is 1.00 bits per heavy atom. The van der Waals surface area contributed by atoms with E-state index in [0.717, 1.165) is 0 Å². The van der Waals surface area contributed by atoms with Crippen molar-refractivity contribution < 1.29 is 22.0 Å². The van der Waals surface area contributed by atoms with Crippen LogP contribution in [-0.2, 0) is 0 Å². The van der Waals surface area contributed by atoms with Crippen LogP contribution in [0.3, 0.4) is 0 Å². The molecule has 0 fully saturated rings. The summed E-state index contributed by atoms with van der Waals surface area (Å²) in [5, 5.41) is 0. The Balaban J connectivity index is 3.56. The van der Waals surface area contributed by atoms with Gasteiger partial charge >= 0.3 is 79.6 Å². The summed E-state index contributed by atoms with van der Waals surface area (Å²) in [5.74, 6) is -9.80. The second-order valence-corrected chi connectivity index (χ2v) is 3.96. The second-order valence-electron chi connectivity index (χ2n) is 1.98. The maximum absolute atomic E-state index is 12.6. The van der Waals surface area contributed by atoms with E-state index in [2.05, 4.69) is 0 Å². The number of rotatable bonds is 1. The van der Waals surface area contributed by atoms with Crippen LogP contribution in [0, 0.1) is 29.1 Å². The Hall–Kier alpha value is -0.321. The van der Waals surface area contributed by atoms with Gasteiger partial charge < -0.3 is 0 Å². The first-order chi connectivity index (χ1) is 6.00. The van der Waals surface area contributed by atoms with E-state index in [1.165, 1.54) is 0 Å². The average molecular weight is 281 g/mol. The quantitative estimate of drug-likeness (QED) is 0.319. The Kier molecular flexibility index (Phi) is 3.16. The van der Waals surface area contributed by atoms with E-state index >= 15 is 0 Å². The van der Waals surface area contributed by atoms with Crippen LogP contribution < -0.4 is 4.46 Å². The number of benzene rings is 1. The molecule has 0 saturated heterocycles. The van der Waals surface area contributed by atoms with Gasteiger partial charge in [-0.2, -0.15) is 0 Å². The summed E-state index contributed by atoms with van der Waals surface area (Å²) in [6, 6.07) is 0. The molecule has 7 heteroatoms. The van der Waals surface area contributed by atoms with Crippen LogP contribution in [0.15, 0.2) is 0 Å². The fraction of sp³-hybridized carbons (Fsp3) is 0. The van der Waals surface area contributed by atoms with Gasteiger partial charge in [0, 0.05) is 0 Å². The van der Waals surface area contributed by atoms with E-state index in [1.807, 2.05) is 0 Å². The molecule has 72 valence electrons. The summed E-state index contributed by atoms with van der Waals surface area (Å²) in [7, 11) is 5.06. The predicted molar refractivity (Wildman–Crippen MR) is 37.5 cm³/mol. The first-order valence-electron chi connectivity index (χ1n) is 2.80. The molecule has 0 saturated carbocycles. The molecule has 1 aromatic rings. The van der Waals surface area contributed by atoms with Crippen molar-refractivity contribution in [2.24, 2.45) is 0 Å². The SMILES string of the molecule is Fc1c(F)c(F)c([Se]Cl)c(F)c1F. The second kappa shape index (κ2) is 3.82. The molecule has 0 aliphatic rings. The van der Waals surface area contributed by atoms with Crippen LogP contribution >= 0.6 is 10.1 Å². The van der Waals surface area contributed by atoms with E-state index in [1.54, 1.807) is 0 Å². The van der Waals surface area contributed by atoms with Gasteiger partial charge in [0.05, 0.1) is 0 Å². The summed E-state index contributed by atoms with van der Waals surface area (Å²) in [4.78, 5) is 0. The third-order valence-electron chi connectivity index (χ3n) is 1.25. The van der Waals surface area contributed by atoms with Crippen LogP contribution in [-0.4, -0.2) is 14.0 Å². The molecule has 0 nitrogen and oxygen atoms in total. The van der Waals surface area contributed by atoms with Gasteiger partial charge in [-0.25, -0.2) is 0 Å². The predicted octanol–water partition coefficient (Wildman–Crippen LogP) is 1.87. The van der Waals surface area contributed by atoms with Gasteiger partial charge in [0.1, 0.15) is 0 Å². The monoisotopic (exact) mass is 282 g/mol. The van der Waals surface area contributed by atoms with Crippen molar-refractivity contribution in [2.45, 2.75) is 0 Å². The molecule has 0 bridgehead atoms. The molecule has 13 heavy (non-hydrogen) atoms. The van der Waals surface area contributed by atoms with Gasteiger partial charge in [0.2, 0.25) is 0 Å². The fourth-order valence-electron chi connectivity index (χ4n) is 0.652. The molecule has 1 aromatic carbocycles. The van der Waals surface area contributed by atoms with Crippen LogP contribution in [0.1, 0.15) is 0 Å². The minimum absolute atomic E-state index is 0.953. The number of hydrogen-bond acceptors (Lipinski definition) is 0. The Labute approximate surface area is 80.1 Å². The Morgan fingerprint density at radius 1 is 0.692 bits per heavy atom. The minimum atomic E-state index is -2.17. The Bertz CT molecular complexity index is 324. The van der Waals surface area contributed by atoms with Gasteiger partial charge in [0.25, 0.3) is 0 Å². The number of halogens is 6. The van der Waals surface area contributed by atoms with Crippen molar-refractivity contribution in [3.63, 3.8) is 0 Å². The molecule has 0 atom stereocenters. The zero-order chi connectivity index (χ0) is 10.2. The van der Waals surface area contributed by atoms with E-state index in [4.69, 9.17) is 10.1 Å². The molecule has 0 unspecified atom stereocenters. The molecule has 0 radical (unpaired) electrons. The molecule has 0 heterocycles. The summed E-state index contributed by atoms with van der Waals surface area (Å²) < 4.78 is 61.4. The molecule has 0 aliphatic heterocycles. The summed E-state index contributed by atoms with van der Waals surface area (Å²) in [6.45, 7) is 0. The van der Waals surface area contributed by atoms with Gasteiger partial charge in [-0.1, -0.05) is 0 Å².